The van der Waals surface area contributed by atoms with E-state index in [1.165, 1.54) is 6.07 Å². The molecule has 2 heterocycles. The number of anilines is 2. The van der Waals surface area contributed by atoms with Crippen molar-refractivity contribution in [2.75, 3.05) is 49.6 Å². The molecule has 1 aromatic carbocycles. The number of rotatable bonds is 7. The quantitative estimate of drug-likeness (QED) is 0.630. The minimum atomic E-state index is -4.77. The summed E-state index contributed by atoms with van der Waals surface area (Å²) in [6, 6.07) is 5.89. The Morgan fingerprint density at radius 3 is 2.53 bits per heavy atom. The molecule has 3 rings (SSSR count). The Balaban J connectivity index is 1.62. The van der Waals surface area contributed by atoms with Gasteiger partial charge in [0.2, 0.25) is 16.0 Å². The Kier molecular flexibility index (Phi) is 6.78. The molecule has 0 radical (unpaired) electrons. The minimum Gasteiger partial charge on any atom is -0.378 e. The van der Waals surface area contributed by atoms with Crippen molar-refractivity contribution < 1.29 is 26.3 Å². The summed E-state index contributed by atoms with van der Waals surface area (Å²) < 4.78 is 71.4. The molecule has 0 bridgehead atoms. The van der Waals surface area contributed by atoms with E-state index < -0.39 is 26.7 Å². The average Bonchev–Trinajstić information content (AvgIpc) is 2.71. The lowest BCUT2D eigenvalue weighted by Gasteiger charge is -2.28. The normalized spacial score (nSPS) is 15.3. The van der Waals surface area contributed by atoms with Crippen molar-refractivity contribution in [1.29, 1.82) is 0 Å². The fourth-order valence-corrected chi connectivity index (χ4v) is 4.22. The van der Waals surface area contributed by atoms with Crippen LogP contribution in [0.1, 0.15) is 11.3 Å². The first kappa shape index (κ1) is 22.2. The van der Waals surface area contributed by atoms with Crippen LogP contribution in [0.5, 0.6) is 0 Å². The Labute approximate surface area is 172 Å². The van der Waals surface area contributed by atoms with E-state index >= 15 is 0 Å². The highest BCUT2D eigenvalue weighted by atomic mass is 32.2. The van der Waals surface area contributed by atoms with E-state index in [4.69, 9.17) is 4.74 Å². The second-order valence-corrected chi connectivity index (χ2v) is 8.34. The molecular weight excluding hydrogens is 423 g/mol. The lowest BCUT2D eigenvalue weighted by molar-refractivity contribution is -0.139. The number of halogens is 3. The van der Waals surface area contributed by atoms with Crippen molar-refractivity contribution in [3.63, 3.8) is 0 Å². The van der Waals surface area contributed by atoms with Crippen molar-refractivity contribution in [3.8, 4) is 0 Å². The van der Waals surface area contributed by atoms with Gasteiger partial charge in [-0.15, -0.1) is 0 Å². The molecule has 0 unspecified atom stereocenters. The molecule has 1 saturated heterocycles. The highest BCUT2D eigenvalue weighted by Gasteiger charge is 2.36. The van der Waals surface area contributed by atoms with Gasteiger partial charge in [0.25, 0.3) is 0 Å². The number of sulfonamides is 1. The molecular formula is C18H22F3N5O3S. The molecule has 30 heavy (non-hydrogen) atoms. The number of nitrogens with zero attached hydrogens (tertiary/aromatic N) is 3. The summed E-state index contributed by atoms with van der Waals surface area (Å²) >= 11 is 0. The predicted octanol–water partition coefficient (Wildman–Crippen LogP) is 2.03. The van der Waals surface area contributed by atoms with E-state index in [2.05, 4.69) is 24.9 Å². The molecule has 1 aliphatic rings. The zero-order chi connectivity index (χ0) is 21.8. The van der Waals surface area contributed by atoms with Crippen molar-refractivity contribution in [1.82, 2.24) is 14.7 Å². The van der Waals surface area contributed by atoms with Gasteiger partial charge in [-0.3, -0.25) is 0 Å². The van der Waals surface area contributed by atoms with Gasteiger partial charge >= 0.3 is 6.18 Å². The number of hydrogen-bond donors (Lipinski definition) is 2. The highest BCUT2D eigenvalue weighted by molar-refractivity contribution is 7.89. The predicted molar refractivity (Wildman–Crippen MR) is 105 cm³/mol. The number of morpholine rings is 1. The molecule has 2 N–H and O–H groups in total. The van der Waals surface area contributed by atoms with Crippen LogP contribution in [0.4, 0.5) is 24.9 Å². The van der Waals surface area contributed by atoms with Crippen LogP contribution in [0, 0.1) is 6.92 Å². The van der Waals surface area contributed by atoms with Crippen LogP contribution < -0.4 is 14.9 Å². The summed E-state index contributed by atoms with van der Waals surface area (Å²) in [5, 5.41) is 2.90. The lowest BCUT2D eigenvalue weighted by Crippen LogP contribution is -2.37. The Bertz CT molecular complexity index is 979. The number of benzene rings is 1. The molecule has 164 valence electrons. The molecule has 0 saturated carbocycles. The van der Waals surface area contributed by atoms with Crippen molar-refractivity contribution in [3.05, 3.63) is 41.6 Å². The third-order valence-corrected chi connectivity index (χ3v) is 5.88. The maximum atomic E-state index is 13.1. The number of aryl methyl sites for hydroxylation is 1. The number of alkyl halides is 3. The summed E-state index contributed by atoms with van der Waals surface area (Å²) in [4.78, 5) is 9.93. The van der Waals surface area contributed by atoms with Gasteiger partial charge in [0, 0.05) is 37.9 Å². The first-order chi connectivity index (χ1) is 14.2. The molecule has 0 amide bonds. The molecule has 0 aliphatic carbocycles. The second kappa shape index (κ2) is 9.14. The summed E-state index contributed by atoms with van der Waals surface area (Å²) in [5.41, 5.74) is -0.476. The number of hydrogen-bond acceptors (Lipinski definition) is 7. The van der Waals surface area contributed by atoms with Crippen molar-refractivity contribution in [2.45, 2.75) is 18.0 Å². The highest BCUT2D eigenvalue weighted by Crippen LogP contribution is 2.33. The van der Waals surface area contributed by atoms with E-state index in [0.29, 0.717) is 32.3 Å². The van der Waals surface area contributed by atoms with E-state index in [-0.39, 0.29) is 13.1 Å². The minimum absolute atomic E-state index is 0.0966. The molecule has 1 fully saturated rings. The SMILES string of the molecule is Cc1cc(N2CCOCC2)nc(NCCNS(=O)(=O)c2ccccc2C(F)(F)F)n1. The zero-order valence-corrected chi connectivity index (χ0v) is 17.1. The van der Waals surface area contributed by atoms with Crippen LogP contribution in [0.3, 0.4) is 0 Å². The lowest BCUT2D eigenvalue weighted by atomic mass is 10.2. The fourth-order valence-electron chi connectivity index (χ4n) is 2.96. The van der Waals surface area contributed by atoms with Gasteiger partial charge < -0.3 is 15.0 Å². The van der Waals surface area contributed by atoms with Gasteiger partial charge in [0.1, 0.15) is 5.82 Å². The first-order valence-corrected chi connectivity index (χ1v) is 10.7. The van der Waals surface area contributed by atoms with Gasteiger partial charge in [-0.25, -0.2) is 18.1 Å². The first-order valence-electron chi connectivity index (χ1n) is 9.25. The zero-order valence-electron chi connectivity index (χ0n) is 16.2. The van der Waals surface area contributed by atoms with Crippen LogP contribution in [0.2, 0.25) is 0 Å². The Morgan fingerprint density at radius 2 is 1.83 bits per heavy atom. The maximum Gasteiger partial charge on any atom is 0.417 e. The van der Waals surface area contributed by atoms with Gasteiger partial charge in [-0.2, -0.15) is 18.2 Å². The summed E-state index contributed by atoms with van der Waals surface area (Å²) in [5.74, 6) is 1.04. The third kappa shape index (κ3) is 5.58. The Morgan fingerprint density at radius 1 is 1.13 bits per heavy atom. The van der Waals surface area contributed by atoms with E-state index in [9.17, 15) is 21.6 Å². The number of nitrogens with one attached hydrogen (secondary N) is 2. The second-order valence-electron chi connectivity index (χ2n) is 6.61. The van der Waals surface area contributed by atoms with Crippen LogP contribution in [-0.2, 0) is 20.9 Å². The fraction of sp³-hybridized carbons (Fsp3) is 0.444. The smallest absolute Gasteiger partial charge is 0.378 e. The monoisotopic (exact) mass is 445 g/mol. The van der Waals surface area contributed by atoms with E-state index in [1.54, 1.807) is 0 Å². The van der Waals surface area contributed by atoms with Gasteiger partial charge in [0.15, 0.2) is 0 Å². The van der Waals surface area contributed by atoms with Gasteiger partial charge in [-0.1, -0.05) is 12.1 Å². The van der Waals surface area contributed by atoms with Crippen molar-refractivity contribution >= 4 is 21.8 Å². The topological polar surface area (TPSA) is 96.5 Å². The van der Waals surface area contributed by atoms with Crippen LogP contribution in [-0.4, -0.2) is 57.8 Å². The van der Waals surface area contributed by atoms with Crippen molar-refractivity contribution in [2.24, 2.45) is 0 Å². The Hall–Kier alpha value is -2.44. The molecule has 2 aromatic rings. The van der Waals surface area contributed by atoms with Gasteiger partial charge in [0.05, 0.1) is 23.7 Å². The van der Waals surface area contributed by atoms with Gasteiger partial charge in [-0.05, 0) is 19.1 Å². The maximum absolute atomic E-state index is 13.1. The summed E-state index contributed by atoms with van der Waals surface area (Å²) in [6.45, 7) is 4.38. The van der Waals surface area contributed by atoms with Crippen LogP contribution >= 0.6 is 0 Å². The van der Waals surface area contributed by atoms with E-state index in [1.807, 2.05) is 13.0 Å². The third-order valence-electron chi connectivity index (χ3n) is 4.36. The average molecular weight is 445 g/mol. The number of aromatic nitrogens is 2. The summed E-state index contributed by atoms with van der Waals surface area (Å²) in [7, 11) is -4.33. The molecule has 8 nitrogen and oxygen atoms in total. The molecule has 12 heteroatoms. The van der Waals surface area contributed by atoms with Crippen LogP contribution in [0.25, 0.3) is 0 Å². The molecule has 1 aromatic heterocycles. The molecule has 0 atom stereocenters. The molecule has 0 spiro atoms. The van der Waals surface area contributed by atoms with Crippen LogP contribution in [0.15, 0.2) is 35.2 Å². The summed E-state index contributed by atoms with van der Waals surface area (Å²) in [6.07, 6.45) is -4.77. The standard InChI is InChI=1S/C18H22F3N5O3S/c1-13-12-16(26-8-10-29-11-9-26)25-17(24-13)22-6-7-23-30(27,28)15-5-3-2-4-14(15)18(19,20)21/h2-5,12,23H,6-11H2,1H3,(H,22,24,25). The number of ether oxygens (including phenoxy) is 1. The molecule has 1 aliphatic heterocycles. The largest absolute Gasteiger partial charge is 0.417 e. The van der Waals surface area contributed by atoms with E-state index in [0.717, 1.165) is 29.7 Å².